The Bertz CT molecular complexity index is 880. The molecule has 112 valence electrons. The molecule has 2 aromatic carbocycles. The number of halogens is 1. The lowest BCUT2D eigenvalue weighted by Gasteiger charge is -2.05. The molecule has 0 amide bonds. The van der Waals surface area contributed by atoms with Crippen LogP contribution < -0.4 is 0 Å². The molecule has 0 atom stereocenters. The summed E-state index contributed by atoms with van der Waals surface area (Å²) in [5, 5.41) is 10.8. The number of aryl methyl sites for hydroxylation is 2. The number of hydrogen-bond donors (Lipinski definition) is 2. The van der Waals surface area contributed by atoms with Gasteiger partial charge in [-0.05, 0) is 37.1 Å². The Hall–Kier alpha value is -2.26. The Balaban J connectivity index is 2.36. The monoisotopic (exact) mass is 313 g/mol. The van der Waals surface area contributed by atoms with Gasteiger partial charge in [0.15, 0.2) is 0 Å². The van der Waals surface area contributed by atoms with Gasteiger partial charge in [0, 0.05) is 21.5 Å². The van der Waals surface area contributed by atoms with Crippen molar-refractivity contribution in [2.75, 3.05) is 0 Å². The van der Waals surface area contributed by atoms with E-state index >= 15 is 0 Å². The maximum Gasteiger partial charge on any atom is 0.307 e. The largest absolute Gasteiger partial charge is 0.481 e. The molecule has 1 heterocycles. The van der Waals surface area contributed by atoms with Crippen molar-refractivity contribution in [2.45, 2.75) is 20.3 Å². The first-order valence-electron chi connectivity index (χ1n) is 7.06. The quantitative estimate of drug-likeness (QED) is 0.734. The minimum absolute atomic E-state index is 0.0382. The van der Waals surface area contributed by atoms with Gasteiger partial charge in [0.25, 0.3) is 0 Å². The van der Waals surface area contributed by atoms with Crippen LogP contribution in [0.3, 0.4) is 0 Å². The van der Waals surface area contributed by atoms with Crippen molar-refractivity contribution in [3.63, 3.8) is 0 Å². The lowest BCUT2D eigenvalue weighted by molar-refractivity contribution is -0.136. The molecule has 0 aliphatic carbocycles. The molecule has 0 saturated heterocycles. The van der Waals surface area contributed by atoms with Crippen LogP contribution in [0.4, 0.5) is 0 Å². The minimum atomic E-state index is -0.853. The van der Waals surface area contributed by atoms with Crippen LogP contribution in [-0.4, -0.2) is 16.1 Å². The molecular formula is C18H16ClNO2. The van der Waals surface area contributed by atoms with Gasteiger partial charge in [0.1, 0.15) is 0 Å². The summed E-state index contributed by atoms with van der Waals surface area (Å²) in [5.41, 5.74) is 5.57. The van der Waals surface area contributed by atoms with Gasteiger partial charge in [-0.1, -0.05) is 41.4 Å². The van der Waals surface area contributed by atoms with E-state index < -0.39 is 5.97 Å². The zero-order chi connectivity index (χ0) is 15.9. The van der Waals surface area contributed by atoms with Crippen molar-refractivity contribution >= 4 is 28.5 Å². The van der Waals surface area contributed by atoms with Crippen molar-refractivity contribution < 1.29 is 9.90 Å². The highest BCUT2D eigenvalue weighted by atomic mass is 35.5. The van der Waals surface area contributed by atoms with Gasteiger partial charge in [-0.15, -0.1) is 0 Å². The van der Waals surface area contributed by atoms with Crippen molar-refractivity contribution in [1.82, 2.24) is 4.98 Å². The number of aromatic amines is 1. The number of carbonyl (C=O) groups is 1. The summed E-state index contributed by atoms with van der Waals surface area (Å²) < 4.78 is 0. The molecule has 0 radical (unpaired) electrons. The average Bonchev–Trinajstić information content (AvgIpc) is 2.78. The summed E-state index contributed by atoms with van der Waals surface area (Å²) in [4.78, 5) is 14.7. The molecule has 0 saturated carbocycles. The van der Waals surface area contributed by atoms with Crippen LogP contribution in [0, 0.1) is 13.8 Å². The van der Waals surface area contributed by atoms with E-state index in [1.54, 1.807) is 0 Å². The summed E-state index contributed by atoms with van der Waals surface area (Å²) in [6.45, 7) is 4.03. The standard InChI is InChI=1S/C18H16ClNO2/c1-10-7-11(2)17-13(8-10)14(9-16(21)22)18(20-17)12-5-3-4-6-15(12)19/h3-8,20H,9H2,1-2H3,(H,21,22). The van der Waals surface area contributed by atoms with Gasteiger partial charge in [-0.2, -0.15) is 0 Å². The van der Waals surface area contributed by atoms with E-state index in [-0.39, 0.29) is 6.42 Å². The summed E-state index contributed by atoms with van der Waals surface area (Å²) >= 11 is 6.30. The second-order valence-corrected chi connectivity index (χ2v) is 5.94. The highest BCUT2D eigenvalue weighted by molar-refractivity contribution is 6.33. The number of nitrogens with one attached hydrogen (secondary N) is 1. The second-order valence-electron chi connectivity index (χ2n) is 5.53. The lowest BCUT2D eigenvalue weighted by atomic mass is 10.0. The molecule has 3 aromatic rings. The molecule has 2 N–H and O–H groups in total. The molecule has 3 rings (SSSR count). The number of carboxylic acids is 1. The molecule has 0 aliphatic heterocycles. The van der Waals surface area contributed by atoms with Gasteiger partial charge >= 0.3 is 5.97 Å². The highest BCUT2D eigenvalue weighted by Crippen LogP contribution is 2.36. The molecule has 0 spiro atoms. The summed E-state index contributed by atoms with van der Waals surface area (Å²) in [6, 6.07) is 11.6. The maximum absolute atomic E-state index is 11.3. The van der Waals surface area contributed by atoms with E-state index in [9.17, 15) is 9.90 Å². The number of hydrogen-bond acceptors (Lipinski definition) is 1. The SMILES string of the molecule is Cc1cc(C)c2[nH]c(-c3ccccc3Cl)c(CC(=O)O)c2c1. The van der Waals surface area contributed by atoms with Crippen LogP contribution in [0.5, 0.6) is 0 Å². The van der Waals surface area contributed by atoms with Crippen LogP contribution in [0.2, 0.25) is 5.02 Å². The zero-order valence-corrected chi connectivity index (χ0v) is 13.2. The number of aliphatic carboxylic acids is 1. The summed E-state index contributed by atoms with van der Waals surface area (Å²) in [5.74, 6) is -0.853. The molecule has 3 nitrogen and oxygen atoms in total. The molecule has 22 heavy (non-hydrogen) atoms. The third kappa shape index (κ3) is 2.48. The fourth-order valence-corrected chi connectivity index (χ4v) is 3.17. The van der Waals surface area contributed by atoms with Crippen molar-refractivity contribution in [3.8, 4) is 11.3 Å². The third-order valence-electron chi connectivity index (χ3n) is 3.83. The van der Waals surface area contributed by atoms with E-state index in [2.05, 4.69) is 11.1 Å². The van der Waals surface area contributed by atoms with Gasteiger partial charge in [0.05, 0.1) is 12.1 Å². The van der Waals surface area contributed by atoms with Crippen LogP contribution in [0.15, 0.2) is 36.4 Å². The van der Waals surface area contributed by atoms with Gasteiger partial charge in [-0.25, -0.2) is 0 Å². The van der Waals surface area contributed by atoms with E-state index in [0.29, 0.717) is 5.02 Å². The Labute approximate surface area is 133 Å². The molecule has 0 aliphatic rings. The van der Waals surface area contributed by atoms with E-state index in [1.807, 2.05) is 44.2 Å². The number of H-pyrrole nitrogens is 1. The molecule has 1 aromatic heterocycles. The number of aromatic nitrogens is 1. The molecule has 0 unspecified atom stereocenters. The number of rotatable bonds is 3. The maximum atomic E-state index is 11.3. The van der Waals surface area contributed by atoms with Gasteiger partial charge in [-0.3, -0.25) is 4.79 Å². The van der Waals surface area contributed by atoms with Crippen LogP contribution in [-0.2, 0) is 11.2 Å². The van der Waals surface area contributed by atoms with Gasteiger partial charge < -0.3 is 10.1 Å². The Kier molecular flexibility index (Phi) is 3.67. The fourth-order valence-electron chi connectivity index (χ4n) is 2.94. The smallest absolute Gasteiger partial charge is 0.307 e. The van der Waals surface area contributed by atoms with Crippen molar-refractivity contribution in [3.05, 3.63) is 58.1 Å². The zero-order valence-electron chi connectivity index (χ0n) is 12.4. The first-order valence-corrected chi connectivity index (χ1v) is 7.43. The Morgan fingerprint density at radius 3 is 2.64 bits per heavy atom. The third-order valence-corrected chi connectivity index (χ3v) is 4.16. The highest BCUT2D eigenvalue weighted by Gasteiger charge is 2.18. The van der Waals surface area contributed by atoms with E-state index in [1.165, 1.54) is 0 Å². The summed E-state index contributed by atoms with van der Waals surface area (Å²) in [6.07, 6.45) is -0.0382. The molecule has 0 bridgehead atoms. The lowest BCUT2D eigenvalue weighted by Crippen LogP contribution is -2.01. The molecular weight excluding hydrogens is 298 g/mol. The first-order chi connectivity index (χ1) is 10.5. The first kappa shape index (κ1) is 14.7. The fraction of sp³-hybridized carbons (Fsp3) is 0.167. The van der Waals surface area contributed by atoms with Crippen molar-refractivity contribution in [2.24, 2.45) is 0 Å². The normalized spacial score (nSPS) is 11.0. The average molecular weight is 314 g/mol. The Morgan fingerprint density at radius 1 is 1.23 bits per heavy atom. The van der Waals surface area contributed by atoms with Crippen molar-refractivity contribution in [1.29, 1.82) is 0 Å². The van der Waals surface area contributed by atoms with Gasteiger partial charge in [0.2, 0.25) is 0 Å². The molecule has 0 fully saturated rings. The predicted octanol–water partition coefficient (Wildman–Crippen LogP) is 4.73. The topological polar surface area (TPSA) is 53.1 Å². The second kappa shape index (κ2) is 5.50. The number of carboxylic acid groups (broad SMARTS) is 1. The predicted molar refractivity (Wildman–Crippen MR) is 89.6 cm³/mol. The summed E-state index contributed by atoms with van der Waals surface area (Å²) in [7, 11) is 0. The number of fused-ring (bicyclic) bond motifs is 1. The van der Waals surface area contributed by atoms with E-state index in [0.717, 1.165) is 38.9 Å². The number of benzene rings is 2. The van der Waals surface area contributed by atoms with Crippen LogP contribution >= 0.6 is 11.6 Å². The Morgan fingerprint density at radius 2 is 1.95 bits per heavy atom. The van der Waals surface area contributed by atoms with E-state index in [4.69, 9.17) is 11.6 Å². The molecule has 4 heteroatoms. The van der Waals surface area contributed by atoms with Crippen LogP contribution in [0.1, 0.15) is 16.7 Å². The van der Waals surface area contributed by atoms with Crippen LogP contribution in [0.25, 0.3) is 22.2 Å². The minimum Gasteiger partial charge on any atom is -0.481 e.